The van der Waals surface area contributed by atoms with E-state index in [1.807, 2.05) is 19.1 Å². The number of rotatable bonds is 2. The number of aromatic nitrogens is 1. The van der Waals surface area contributed by atoms with Crippen molar-refractivity contribution in [1.29, 1.82) is 5.41 Å². The van der Waals surface area contributed by atoms with Crippen molar-refractivity contribution in [3.8, 4) is 0 Å². The molecule has 0 spiro atoms. The van der Waals surface area contributed by atoms with Crippen molar-refractivity contribution in [3.63, 3.8) is 0 Å². The predicted octanol–water partition coefficient (Wildman–Crippen LogP) is 2.62. The molecule has 1 rings (SSSR count). The highest BCUT2D eigenvalue weighted by atomic mass is 79.9. The summed E-state index contributed by atoms with van der Waals surface area (Å²) in [5.41, 5.74) is 1.53. The highest BCUT2D eigenvalue weighted by Crippen LogP contribution is 2.07. The van der Waals surface area contributed by atoms with E-state index in [2.05, 4.69) is 20.9 Å². The third-order valence-electron chi connectivity index (χ3n) is 1.43. The molecule has 0 atom stereocenters. The van der Waals surface area contributed by atoms with Gasteiger partial charge in [-0.05, 0) is 34.5 Å². The van der Waals surface area contributed by atoms with Crippen molar-refractivity contribution in [3.05, 3.63) is 28.5 Å². The van der Waals surface area contributed by atoms with Crippen LogP contribution < -0.4 is 0 Å². The molecule has 0 aromatic carbocycles. The maximum Gasteiger partial charge on any atom is 0.106 e. The molecule has 1 aromatic heterocycles. The van der Waals surface area contributed by atoms with E-state index < -0.39 is 0 Å². The van der Waals surface area contributed by atoms with Crippen molar-refractivity contribution in [1.82, 2.24) is 4.98 Å². The summed E-state index contributed by atoms with van der Waals surface area (Å²) in [5.74, 6) is 0. The standard InChI is InChI=1S/C8H9BrN2/c1-2-7(10)6-3-4-8(9)11-5-6/h3-5,10H,2H2,1H3. The lowest BCUT2D eigenvalue weighted by Crippen LogP contribution is -1.96. The predicted molar refractivity (Wildman–Crippen MR) is 49.1 cm³/mol. The zero-order chi connectivity index (χ0) is 8.27. The largest absolute Gasteiger partial charge is 0.305 e. The van der Waals surface area contributed by atoms with Crippen LogP contribution in [0.5, 0.6) is 0 Å². The van der Waals surface area contributed by atoms with Gasteiger partial charge in [-0.1, -0.05) is 6.92 Å². The number of pyridine rings is 1. The summed E-state index contributed by atoms with van der Waals surface area (Å²) in [6.07, 6.45) is 2.46. The molecule has 0 aliphatic heterocycles. The molecule has 0 bridgehead atoms. The van der Waals surface area contributed by atoms with Crippen LogP contribution in [-0.4, -0.2) is 10.7 Å². The molecule has 1 heterocycles. The molecule has 0 amide bonds. The van der Waals surface area contributed by atoms with Gasteiger partial charge in [0.25, 0.3) is 0 Å². The molecule has 0 unspecified atom stereocenters. The molecule has 0 radical (unpaired) electrons. The van der Waals surface area contributed by atoms with E-state index in [0.717, 1.165) is 16.6 Å². The fourth-order valence-corrected chi connectivity index (χ4v) is 0.993. The lowest BCUT2D eigenvalue weighted by Gasteiger charge is -1.98. The average molecular weight is 213 g/mol. The topological polar surface area (TPSA) is 36.7 Å². The van der Waals surface area contributed by atoms with Crippen LogP contribution in [-0.2, 0) is 0 Å². The van der Waals surface area contributed by atoms with Crippen LogP contribution >= 0.6 is 15.9 Å². The molecule has 0 saturated carbocycles. The van der Waals surface area contributed by atoms with Crippen LogP contribution in [0.25, 0.3) is 0 Å². The third-order valence-corrected chi connectivity index (χ3v) is 1.90. The molecule has 1 aromatic rings. The Kier molecular flexibility index (Phi) is 2.76. The van der Waals surface area contributed by atoms with E-state index in [0.29, 0.717) is 5.71 Å². The quantitative estimate of drug-likeness (QED) is 0.594. The molecular formula is C8H9BrN2. The normalized spacial score (nSPS) is 9.64. The van der Waals surface area contributed by atoms with Gasteiger partial charge < -0.3 is 5.41 Å². The zero-order valence-electron chi connectivity index (χ0n) is 6.26. The van der Waals surface area contributed by atoms with Gasteiger partial charge in [-0.3, -0.25) is 0 Å². The number of hydrogen-bond acceptors (Lipinski definition) is 2. The molecule has 2 nitrogen and oxygen atoms in total. The molecular weight excluding hydrogens is 204 g/mol. The number of halogens is 1. The smallest absolute Gasteiger partial charge is 0.106 e. The van der Waals surface area contributed by atoms with Crippen LogP contribution in [0.3, 0.4) is 0 Å². The van der Waals surface area contributed by atoms with Gasteiger partial charge in [0.1, 0.15) is 4.60 Å². The van der Waals surface area contributed by atoms with Crippen LogP contribution in [0.4, 0.5) is 0 Å². The SMILES string of the molecule is CCC(=N)c1ccc(Br)nc1. The fraction of sp³-hybridized carbons (Fsp3) is 0.250. The van der Waals surface area contributed by atoms with Crippen LogP contribution in [0.1, 0.15) is 18.9 Å². The summed E-state index contributed by atoms with van der Waals surface area (Å²) in [5, 5.41) is 7.49. The van der Waals surface area contributed by atoms with Gasteiger partial charge in [0.05, 0.1) is 0 Å². The second-order valence-corrected chi connectivity index (χ2v) is 3.01. The Labute approximate surface area is 74.3 Å². The molecule has 1 N–H and O–H groups in total. The van der Waals surface area contributed by atoms with Gasteiger partial charge in [0.15, 0.2) is 0 Å². The van der Waals surface area contributed by atoms with E-state index in [4.69, 9.17) is 5.41 Å². The Balaban J connectivity index is 2.90. The highest BCUT2D eigenvalue weighted by molar-refractivity contribution is 9.10. The summed E-state index contributed by atoms with van der Waals surface area (Å²) in [6.45, 7) is 1.96. The van der Waals surface area contributed by atoms with Crippen LogP contribution in [0.15, 0.2) is 22.9 Å². The first-order valence-corrected chi connectivity index (χ1v) is 4.22. The van der Waals surface area contributed by atoms with Crippen molar-refractivity contribution in [2.75, 3.05) is 0 Å². The Morgan fingerprint density at radius 3 is 2.82 bits per heavy atom. The Bertz CT molecular complexity index is 253. The minimum atomic E-state index is 0.630. The molecule has 0 fully saturated rings. The number of hydrogen-bond donors (Lipinski definition) is 1. The zero-order valence-corrected chi connectivity index (χ0v) is 7.85. The van der Waals surface area contributed by atoms with E-state index in [1.54, 1.807) is 6.20 Å². The summed E-state index contributed by atoms with van der Waals surface area (Å²) in [6, 6.07) is 3.74. The highest BCUT2D eigenvalue weighted by Gasteiger charge is 1.97. The van der Waals surface area contributed by atoms with Gasteiger partial charge in [0, 0.05) is 17.5 Å². The minimum Gasteiger partial charge on any atom is -0.305 e. The van der Waals surface area contributed by atoms with Gasteiger partial charge in [-0.25, -0.2) is 4.98 Å². The first kappa shape index (κ1) is 8.40. The van der Waals surface area contributed by atoms with Crippen LogP contribution in [0.2, 0.25) is 0 Å². The average Bonchev–Trinajstić information content (AvgIpc) is 2.05. The number of nitrogens with one attached hydrogen (secondary N) is 1. The molecule has 11 heavy (non-hydrogen) atoms. The molecule has 0 saturated heterocycles. The molecule has 0 aliphatic rings. The first-order chi connectivity index (χ1) is 5.24. The summed E-state index contributed by atoms with van der Waals surface area (Å²) in [7, 11) is 0. The van der Waals surface area contributed by atoms with Crippen molar-refractivity contribution in [2.45, 2.75) is 13.3 Å². The monoisotopic (exact) mass is 212 g/mol. The Morgan fingerprint density at radius 1 is 1.64 bits per heavy atom. The fourth-order valence-electron chi connectivity index (χ4n) is 0.758. The van der Waals surface area contributed by atoms with E-state index >= 15 is 0 Å². The first-order valence-electron chi connectivity index (χ1n) is 3.43. The van der Waals surface area contributed by atoms with Gasteiger partial charge >= 0.3 is 0 Å². The lowest BCUT2D eigenvalue weighted by molar-refractivity contribution is 1.20. The van der Waals surface area contributed by atoms with Gasteiger partial charge in [-0.2, -0.15) is 0 Å². The molecule has 58 valence electrons. The van der Waals surface area contributed by atoms with E-state index in [-0.39, 0.29) is 0 Å². The lowest BCUT2D eigenvalue weighted by atomic mass is 10.1. The second-order valence-electron chi connectivity index (χ2n) is 2.20. The maximum absolute atomic E-state index is 7.49. The maximum atomic E-state index is 7.49. The molecule has 0 aliphatic carbocycles. The Morgan fingerprint density at radius 2 is 2.36 bits per heavy atom. The van der Waals surface area contributed by atoms with E-state index in [1.165, 1.54) is 0 Å². The summed E-state index contributed by atoms with van der Waals surface area (Å²) >= 11 is 3.23. The van der Waals surface area contributed by atoms with Gasteiger partial charge in [0.2, 0.25) is 0 Å². The van der Waals surface area contributed by atoms with Crippen LogP contribution in [0, 0.1) is 5.41 Å². The summed E-state index contributed by atoms with van der Waals surface area (Å²) in [4.78, 5) is 4.02. The Hall–Kier alpha value is -0.700. The second kappa shape index (κ2) is 3.62. The van der Waals surface area contributed by atoms with E-state index in [9.17, 15) is 0 Å². The van der Waals surface area contributed by atoms with Crippen molar-refractivity contribution >= 4 is 21.6 Å². The number of nitrogens with zero attached hydrogens (tertiary/aromatic N) is 1. The van der Waals surface area contributed by atoms with Crippen molar-refractivity contribution in [2.24, 2.45) is 0 Å². The molecule has 3 heteroatoms. The third kappa shape index (κ3) is 2.12. The minimum absolute atomic E-state index is 0.630. The van der Waals surface area contributed by atoms with Crippen molar-refractivity contribution < 1.29 is 0 Å². The van der Waals surface area contributed by atoms with Gasteiger partial charge in [-0.15, -0.1) is 0 Å². The summed E-state index contributed by atoms with van der Waals surface area (Å²) < 4.78 is 0.810.